The SMILES string of the molecule is O=C(c1ccco1)N1CCN(C(=O)C2CCCN2)CC1. The largest absolute Gasteiger partial charge is 0.459 e. The van der Waals surface area contributed by atoms with Crippen LogP contribution >= 0.6 is 0 Å². The first-order chi connectivity index (χ1) is 9.75. The summed E-state index contributed by atoms with van der Waals surface area (Å²) in [5.74, 6) is 0.441. The number of hydrogen-bond acceptors (Lipinski definition) is 4. The molecule has 3 rings (SSSR count). The molecule has 0 radical (unpaired) electrons. The lowest BCUT2D eigenvalue weighted by Crippen LogP contribution is -2.54. The number of nitrogens with zero attached hydrogens (tertiary/aromatic N) is 2. The molecule has 2 fully saturated rings. The van der Waals surface area contributed by atoms with Gasteiger partial charge in [-0.1, -0.05) is 0 Å². The van der Waals surface area contributed by atoms with E-state index in [1.165, 1.54) is 6.26 Å². The van der Waals surface area contributed by atoms with Gasteiger partial charge in [0.05, 0.1) is 12.3 Å². The van der Waals surface area contributed by atoms with E-state index in [1.807, 2.05) is 4.90 Å². The maximum atomic E-state index is 12.2. The van der Waals surface area contributed by atoms with Gasteiger partial charge in [-0.3, -0.25) is 9.59 Å². The molecule has 2 aliphatic rings. The molecule has 1 N–H and O–H groups in total. The third-order valence-corrected chi connectivity index (χ3v) is 3.97. The van der Waals surface area contributed by atoms with E-state index >= 15 is 0 Å². The summed E-state index contributed by atoms with van der Waals surface area (Å²) < 4.78 is 5.12. The summed E-state index contributed by atoms with van der Waals surface area (Å²) in [5, 5.41) is 3.22. The molecule has 1 aromatic rings. The van der Waals surface area contributed by atoms with Crippen LogP contribution in [0.4, 0.5) is 0 Å². The zero-order valence-corrected chi connectivity index (χ0v) is 11.4. The van der Waals surface area contributed by atoms with Crippen molar-refractivity contribution >= 4 is 11.8 Å². The third kappa shape index (κ3) is 2.56. The number of amides is 2. The van der Waals surface area contributed by atoms with Gasteiger partial charge < -0.3 is 19.5 Å². The molecule has 20 heavy (non-hydrogen) atoms. The van der Waals surface area contributed by atoms with Crippen molar-refractivity contribution in [1.29, 1.82) is 0 Å². The van der Waals surface area contributed by atoms with Crippen LogP contribution in [0.1, 0.15) is 23.4 Å². The predicted octanol–water partition coefficient (Wildman–Crippen LogP) is 0.316. The lowest BCUT2D eigenvalue weighted by Gasteiger charge is -2.35. The monoisotopic (exact) mass is 277 g/mol. The lowest BCUT2D eigenvalue weighted by molar-refractivity contribution is -0.134. The number of carbonyl (C=O) groups excluding carboxylic acids is 2. The topological polar surface area (TPSA) is 65.8 Å². The van der Waals surface area contributed by atoms with E-state index in [-0.39, 0.29) is 17.9 Å². The van der Waals surface area contributed by atoms with Crippen LogP contribution in [-0.2, 0) is 4.79 Å². The van der Waals surface area contributed by atoms with Gasteiger partial charge in [-0.05, 0) is 31.5 Å². The molecule has 0 bridgehead atoms. The average Bonchev–Trinajstić information content (AvgIpc) is 3.18. The summed E-state index contributed by atoms with van der Waals surface area (Å²) in [5.41, 5.74) is 0. The molecule has 1 aromatic heterocycles. The Morgan fingerprint density at radius 2 is 1.95 bits per heavy atom. The molecule has 1 unspecified atom stereocenters. The summed E-state index contributed by atoms with van der Waals surface area (Å²) >= 11 is 0. The van der Waals surface area contributed by atoms with Gasteiger partial charge in [-0.2, -0.15) is 0 Å². The Morgan fingerprint density at radius 1 is 1.20 bits per heavy atom. The number of piperazine rings is 1. The number of furan rings is 1. The maximum absolute atomic E-state index is 12.2. The standard InChI is InChI=1S/C14H19N3O3/c18-13(11-3-1-5-15-11)16-6-8-17(9-7-16)14(19)12-4-2-10-20-12/h2,4,10-11,15H,1,3,5-9H2. The van der Waals surface area contributed by atoms with Gasteiger partial charge >= 0.3 is 0 Å². The molecule has 2 aliphatic heterocycles. The summed E-state index contributed by atoms with van der Waals surface area (Å²) in [7, 11) is 0. The van der Waals surface area contributed by atoms with Crippen molar-refractivity contribution in [3.8, 4) is 0 Å². The van der Waals surface area contributed by atoms with Crippen LogP contribution in [0.25, 0.3) is 0 Å². The fourth-order valence-corrected chi connectivity index (χ4v) is 2.80. The minimum absolute atomic E-state index is 0.0256. The van der Waals surface area contributed by atoms with Gasteiger partial charge in [0, 0.05) is 26.2 Å². The quantitative estimate of drug-likeness (QED) is 0.845. The Balaban J connectivity index is 1.54. The highest BCUT2D eigenvalue weighted by Gasteiger charge is 2.30. The van der Waals surface area contributed by atoms with Crippen LogP contribution in [0.3, 0.4) is 0 Å². The van der Waals surface area contributed by atoms with Gasteiger partial charge in [0.15, 0.2) is 5.76 Å². The highest BCUT2D eigenvalue weighted by Crippen LogP contribution is 2.13. The minimum atomic E-state index is -0.0962. The third-order valence-electron chi connectivity index (χ3n) is 3.97. The molecule has 0 aliphatic carbocycles. The Bertz CT molecular complexity index is 472. The van der Waals surface area contributed by atoms with Crippen molar-refractivity contribution in [2.24, 2.45) is 0 Å². The van der Waals surface area contributed by atoms with Gasteiger partial charge in [0.2, 0.25) is 5.91 Å². The molecule has 2 amide bonds. The van der Waals surface area contributed by atoms with Gasteiger partial charge in [-0.25, -0.2) is 0 Å². The van der Waals surface area contributed by atoms with E-state index < -0.39 is 0 Å². The van der Waals surface area contributed by atoms with Crippen molar-refractivity contribution < 1.29 is 14.0 Å². The van der Waals surface area contributed by atoms with E-state index in [9.17, 15) is 9.59 Å². The van der Waals surface area contributed by atoms with Crippen LogP contribution in [0.2, 0.25) is 0 Å². The summed E-state index contributed by atoms with van der Waals surface area (Å²) in [6, 6.07) is 3.35. The number of hydrogen-bond donors (Lipinski definition) is 1. The van der Waals surface area contributed by atoms with Gasteiger partial charge in [0.25, 0.3) is 5.91 Å². The van der Waals surface area contributed by atoms with E-state index in [1.54, 1.807) is 17.0 Å². The normalized spacial score (nSPS) is 23.1. The first-order valence-electron chi connectivity index (χ1n) is 7.10. The molecule has 3 heterocycles. The Kier molecular flexibility index (Phi) is 3.73. The Labute approximate surface area is 117 Å². The van der Waals surface area contributed by atoms with Crippen LogP contribution in [-0.4, -0.2) is 60.4 Å². The van der Waals surface area contributed by atoms with E-state index in [4.69, 9.17) is 4.42 Å². The maximum Gasteiger partial charge on any atom is 0.289 e. The molecule has 0 aromatic carbocycles. The minimum Gasteiger partial charge on any atom is -0.459 e. The summed E-state index contributed by atoms with van der Waals surface area (Å²) in [6.07, 6.45) is 3.48. The first kappa shape index (κ1) is 13.2. The molecule has 0 spiro atoms. The fraction of sp³-hybridized carbons (Fsp3) is 0.571. The molecular weight excluding hydrogens is 258 g/mol. The van der Waals surface area contributed by atoms with E-state index in [2.05, 4.69) is 5.32 Å². The van der Waals surface area contributed by atoms with Crippen LogP contribution in [0, 0.1) is 0 Å². The molecule has 2 saturated heterocycles. The van der Waals surface area contributed by atoms with Crippen molar-refractivity contribution in [2.45, 2.75) is 18.9 Å². The molecule has 6 heteroatoms. The van der Waals surface area contributed by atoms with Gasteiger partial charge in [0.1, 0.15) is 0 Å². The second kappa shape index (κ2) is 5.66. The molecule has 1 atom stereocenters. The zero-order valence-electron chi connectivity index (χ0n) is 11.4. The highest BCUT2D eigenvalue weighted by atomic mass is 16.3. The van der Waals surface area contributed by atoms with Crippen molar-refractivity contribution in [3.05, 3.63) is 24.2 Å². The summed E-state index contributed by atoms with van der Waals surface area (Å²) in [4.78, 5) is 28.0. The Hall–Kier alpha value is -1.82. The van der Waals surface area contributed by atoms with Gasteiger partial charge in [-0.15, -0.1) is 0 Å². The molecule has 108 valence electrons. The van der Waals surface area contributed by atoms with Crippen molar-refractivity contribution in [3.63, 3.8) is 0 Å². The van der Waals surface area contributed by atoms with Crippen LogP contribution < -0.4 is 5.32 Å². The van der Waals surface area contributed by atoms with Crippen LogP contribution in [0.15, 0.2) is 22.8 Å². The predicted molar refractivity (Wildman–Crippen MR) is 72.2 cm³/mol. The van der Waals surface area contributed by atoms with E-state index in [0.29, 0.717) is 31.9 Å². The smallest absolute Gasteiger partial charge is 0.289 e. The second-order valence-corrected chi connectivity index (χ2v) is 5.24. The zero-order chi connectivity index (χ0) is 13.9. The summed E-state index contributed by atoms with van der Waals surface area (Å²) in [6.45, 7) is 3.26. The number of rotatable bonds is 2. The van der Waals surface area contributed by atoms with E-state index in [0.717, 1.165) is 19.4 Å². The second-order valence-electron chi connectivity index (χ2n) is 5.24. The van der Waals surface area contributed by atoms with Crippen LogP contribution in [0.5, 0.6) is 0 Å². The molecule has 6 nitrogen and oxygen atoms in total. The fourth-order valence-electron chi connectivity index (χ4n) is 2.80. The van der Waals surface area contributed by atoms with Crippen molar-refractivity contribution in [1.82, 2.24) is 15.1 Å². The van der Waals surface area contributed by atoms with Crippen molar-refractivity contribution in [2.75, 3.05) is 32.7 Å². The number of nitrogens with one attached hydrogen (secondary N) is 1. The average molecular weight is 277 g/mol. The lowest BCUT2D eigenvalue weighted by atomic mass is 10.2. The Morgan fingerprint density at radius 3 is 2.55 bits per heavy atom. The molecular formula is C14H19N3O3. The number of carbonyl (C=O) groups is 2. The first-order valence-corrected chi connectivity index (χ1v) is 7.10. The highest BCUT2D eigenvalue weighted by molar-refractivity contribution is 5.91. The molecule has 0 saturated carbocycles.